The zero-order valence-corrected chi connectivity index (χ0v) is 17.9. The maximum atomic E-state index is 10.8. The second-order valence-electron chi connectivity index (χ2n) is 7.07. The van der Waals surface area contributed by atoms with Gasteiger partial charge in [-0.05, 0) is 66.1 Å². The minimum Gasteiger partial charge on any atom is -0.494 e. The molecule has 4 aromatic rings. The normalized spacial score (nSPS) is 11.3. The van der Waals surface area contributed by atoms with Crippen molar-refractivity contribution in [1.29, 1.82) is 0 Å². The smallest absolute Gasteiger partial charge is 0.264 e. The number of nitrogens with zero attached hydrogens (tertiary/aromatic N) is 3. The molecule has 32 heavy (non-hydrogen) atoms. The van der Waals surface area contributed by atoms with Crippen molar-refractivity contribution in [2.24, 2.45) is 0 Å². The Bertz CT molecular complexity index is 1220. The van der Waals surface area contributed by atoms with Crippen LogP contribution >= 0.6 is 0 Å². The molecule has 0 fully saturated rings. The van der Waals surface area contributed by atoms with Gasteiger partial charge >= 0.3 is 0 Å². The van der Waals surface area contributed by atoms with Gasteiger partial charge in [-0.2, -0.15) is 8.42 Å². The molecule has 0 saturated heterocycles. The van der Waals surface area contributed by atoms with Crippen molar-refractivity contribution in [3.05, 3.63) is 85.2 Å². The summed E-state index contributed by atoms with van der Waals surface area (Å²) in [6.07, 6.45) is 3.68. The molecule has 0 saturated carbocycles. The van der Waals surface area contributed by atoms with Crippen molar-refractivity contribution < 1.29 is 17.7 Å². The largest absolute Gasteiger partial charge is 0.494 e. The van der Waals surface area contributed by atoms with Gasteiger partial charge in [-0.3, -0.25) is 14.5 Å². The minimum absolute atomic E-state index is 0.196. The Balaban J connectivity index is 1.61. The predicted octanol–water partition coefficient (Wildman–Crippen LogP) is 4.53. The van der Waals surface area contributed by atoms with Gasteiger partial charge in [-0.25, -0.2) is 4.98 Å². The Kier molecular flexibility index (Phi) is 6.53. The molecule has 8 heteroatoms. The van der Waals surface area contributed by atoms with E-state index in [2.05, 4.69) is 9.97 Å². The van der Waals surface area contributed by atoms with Gasteiger partial charge in [-0.1, -0.05) is 24.3 Å². The summed E-state index contributed by atoms with van der Waals surface area (Å²) >= 11 is 0. The quantitative estimate of drug-likeness (QED) is 0.313. The van der Waals surface area contributed by atoms with Gasteiger partial charge in [0.25, 0.3) is 10.1 Å². The second kappa shape index (κ2) is 9.67. The highest BCUT2D eigenvalue weighted by Gasteiger charge is 2.10. The molecule has 0 atom stereocenters. The third kappa shape index (κ3) is 5.75. The molecule has 0 aliphatic heterocycles. The highest BCUT2D eigenvalue weighted by atomic mass is 32.2. The average molecular weight is 448 g/mol. The Morgan fingerprint density at radius 1 is 0.750 bits per heavy atom. The molecule has 0 radical (unpaired) electrons. The van der Waals surface area contributed by atoms with E-state index in [1.165, 1.54) is 0 Å². The van der Waals surface area contributed by atoms with Crippen molar-refractivity contribution in [2.75, 3.05) is 12.4 Å². The zero-order chi connectivity index (χ0) is 22.4. The van der Waals surface area contributed by atoms with E-state index in [1.807, 2.05) is 72.8 Å². The molecule has 0 aliphatic carbocycles. The minimum atomic E-state index is -3.97. The summed E-state index contributed by atoms with van der Waals surface area (Å²) in [6.45, 7) is 0.196. The van der Waals surface area contributed by atoms with Crippen LogP contribution in [0.2, 0.25) is 0 Å². The highest BCUT2D eigenvalue weighted by Crippen LogP contribution is 2.29. The Morgan fingerprint density at radius 3 is 1.84 bits per heavy atom. The number of ether oxygens (including phenoxy) is 1. The van der Waals surface area contributed by atoms with Crippen LogP contribution < -0.4 is 4.74 Å². The summed E-state index contributed by atoms with van der Waals surface area (Å²) in [5.41, 5.74) is 4.95. The fourth-order valence-corrected chi connectivity index (χ4v) is 3.65. The average Bonchev–Trinajstić information content (AvgIpc) is 2.82. The van der Waals surface area contributed by atoms with Crippen molar-refractivity contribution in [1.82, 2.24) is 15.0 Å². The van der Waals surface area contributed by atoms with Gasteiger partial charge in [0.05, 0.1) is 35.1 Å². The molecule has 3 heterocycles. The lowest BCUT2D eigenvalue weighted by Crippen LogP contribution is -2.08. The number of hydrogen-bond acceptors (Lipinski definition) is 6. The Hall–Kier alpha value is -3.62. The predicted molar refractivity (Wildman–Crippen MR) is 123 cm³/mol. The van der Waals surface area contributed by atoms with Crippen molar-refractivity contribution >= 4 is 10.1 Å². The first-order chi connectivity index (χ1) is 15.5. The summed E-state index contributed by atoms with van der Waals surface area (Å²) in [6, 6.07) is 22.9. The summed E-state index contributed by atoms with van der Waals surface area (Å²) in [5, 5.41) is 0. The molecule has 3 aromatic heterocycles. The fourth-order valence-electron chi connectivity index (χ4n) is 3.16. The van der Waals surface area contributed by atoms with E-state index in [9.17, 15) is 8.42 Å². The van der Waals surface area contributed by atoms with Crippen LogP contribution in [-0.2, 0) is 10.1 Å². The number of benzene rings is 1. The fraction of sp³-hybridized carbons (Fsp3) is 0.125. The van der Waals surface area contributed by atoms with Gasteiger partial charge < -0.3 is 4.74 Å². The van der Waals surface area contributed by atoms with E-state index in [0.717, 1.165) is 33.9 Å². The Labute approximate surface area is 186 Å². The van der Waals surface area contributed by atoms with E-state index in [0.29, 0.717) is 5.75 Å². The number of hydrogen-bond donors (Lipinski definition) is 1. The van der Waals surface area contributed by atoms with Gasteiger partial charge in [0.1, 0.15) is 5.75 Å². The van der Waals surface area contributed by atoms with E-state index < -0.39 is 10.1 Å². The van der Waals surface area contributed by atoms with E-state index >= 15 is 0 Å². The van der Waals surface area contributed by atoms with Crippen LogP contribution in [0, 0.1) is 0 Å². The lowest BCUT2D eigenvalue weighted by Gasteiger charge is -2.10. The molecule has 1 aromatic carbocycles. The maximum absolute atomic E-state index is 10.8. The molecule has 0 amide bonds. The third-order valence-corrected chi connectivity index (χ3v) is 5.49. The Morgan fingerprint density at radius 2 is 1.34 bits per heavy atom. The number of aromatic nitrogens is 3. The van der Waals surface area contributed by atoms with Gasteiger partial charge in [-0.15, -0.1) is 0 Å². The van der Waals surface area contributed by atoms with Crippen molar-refractivity contribution in [2.45, 2.75) is 6.42 Å². The number of rotatable bonds is 8. The molecule has 0 aliphatic rings. The van der Waals surface area contributed by atoms with Crippen LogP contribution in [0.1, 0.15) is 6.42 Å². The first kappa shape index (κ1) is 21.6. The van der Waals surface area contributed by atoms with Gasteiger partial charge in [0, 0.05) is 12.4 Å². The molecule has 0 unspecified atom stereocenters. The van der Waals surface area contributed by atoms with E-state index in [-0.39, 0.29) is 18.8 Å². The topological polar surface area (TPSA) is 102 Å². The van der Waals surface area contributed by atoms with Crippen LogP contribution in [0.25, 0.3) is 33.9 Å². The van der Waals surface area contributed by atoms with E-state index in [4.69, 9.17) is 14.3 Å². The lowest BCUT2D eigenvalue weighted by atomic mass is 10.0. The van der Waals surface area contributed by atoms with Crippen molar-refractivity contribution in [3.8, 4) is 39.7 Å². The second-order valence-corrected chi connectivity index (χ2v) is 8.64. The van der Waals surface area contributed by atoms with Crippen LogP contribution in [-0.4, -0.2) is 40.3 Å². The summed E-state index contributed by atoms with van der Waals surface area (Å²) in [5.74, 6) is 0.294. The molecule has 0 spiro atoms. The maximum Gasteiger partial charge on any atom is 0.264 e. The lowest BCUT2D eigenvalue weighted by molar-refractivity contribution is 0.316. The first-order valence-corrected chi connectivity index (χ1v) is 11.6. The summed E-state index contributed by atoms with van der Waals surface area (Å²) in [7, 11) is -3.97. The standard InChI is InChI=1S/C24H21N3O4S/c28-32(29,30)15-5-14-31-20-10-8-18(9-11-20)19-16-23(21-6-1-3-12-25-21)27-24(17-19)22-7-2-4-13-26-22/h1-4,6-13,16-17H,5,14-15H2,(H,28,29,30). The van der Waals surface area contributed by atoms with Crippen LogP contribution in [0.15, 0.2) is 85.2 Å². The van der Waals surface area contributed by atoms with E-state index in [1.54, 1.807) is 12.4 Å². The highest BCUT2D eigenvalue weighted by molar-refractivity contribution is 7.85. The summed E-state index contributed by atoms with van der Waals surface area (Å²) in [4.78, 5) is 13.6. The molecule has 7 nitrogen and oxygen atoms in total. The zero-order valence-electron chi connectivity index (χ0n) is 17.1. The van der Waals surface area contributed by atoms with Gasteiger partial charge in [0.2, 0.25) is 0 Å². The van der Waals surface area contributed by atoms with Crippen LogP contribution in [0.3, 0.4) is 0 Å². The van der Waals surface area contributed by atoms with Crippen LogP contribution in [0.4, 0.5) is 0 Å². The molecule has 0 bridgehead atoms. The SMILES string of the molecule is O=S(=O)(O)CCCOc1ccc(-c2cc(-c3ccccn3)nc(-c3ccccn3)c2)cc1. The molecular weight excluding hydrogens is 426 g/mol. The monoisotopic (exact) mass is 447 g/mol. The van der Waals surface area contributed by atoms with Gasteiger partial charge in [0.15, 0.2) is 0 Å². The molecule has 4 rings (SSSR count). The molecule has 162 valence electrons. The summed E-state index contributed by atoms with van der Waals surface area (Å²) < 4.78 is 35.9. The molecule has 1 N–H and O–H groups in total. The third-order valence-electron chi connectivity index (χ3n) is 4.68. The van der Waals surface area contributed by atoms with Crippen molar-refractivity contribution in [3.63, 3.8) is 0 Å². The first-order valence-electron chi connectivity index (χ1n) is 10.0. The number of pyridine rings is 3. The molecular formula is C24H21N3O4S. The van der Waals surface area contributed by atoms with Crippen LogP contribution in [0.5, 0.6) is 5.75 Å².